The van der Waals surface area contributed by atoms with Crippen molar-refractivity contribution in [2.75, 3.05) is 13.7 Å². The lowest BCUT2D eigenvalue weighted by Crippen LogP contribution is -2.33. The van der Waals surface area contributed by atoms with Crippen molar-refractivity contribution in [2.24, 2.45) is 5.73 Å². The zero-order valence-corrected chi connectivity index (χ0v) is 20.2. The Morgan fingerprint density at radius 3 is 2.47 bits per heavy atom. The molecule has 3 N–H and O–H groups in total. The zero-order chi connectivity index (χ0) is 24.1. The maximum absolute atomic E-state index is 14.6. The van der Waals surface area contributed by atoms with E-state index in [9.17, 15) is 18.8 Å². The van der Waals surface area contributed by atoms with Crippen molar-refractivity contribution in [1.29, 1.82) is 0 Å². The van der Waals surface area contributed by atoms with E-state index >= 15 is 0 Å². The fourth-order valence-electron chi connectivity index (χ4n) is 2.92. The molecule has 2 aromatic carbocycles. The molecule has 34 heavy (non-hydrogen) atoms. The van der Waals surface area contributed by atoms with Gasteiger partial charge in [0.05, 0.1) is 12.0 Å². The lowest BCUT2D eigenvalue weighted by molar-refractivity contribution is -0.142. The number of carbonyl (C=O) groups is 3. The fourth-order valence-corrected chi connectivity index (χ4v) is 4.17. The quantitative estimate of drug-likeness (QED) is 0.303. The van der Waals surface area contributed by atoms with E-state index in [1.54, 1.807) is 24.3 Å². The number of aliphatic carboxylic acids is 1. The summed E-state index contributed by atoms with van der Waals surface area (Å²) >= 11 is 5.94. The summed E-state index contributed by atoms with van der Waals surface area (Å²) < 4.78 is 25.0. The van der Waals surface area contributed by atoms with Gasteiger partial charge in [-0.15, -0.1) is 12.4 Å². The van der Waals surface area contributed by atoms with Crippen LogP contribution in [0.25, 0.3) is 6.08 Å². The number of hydrogen-bond acceptors (Lipinski definition) is 8. The minimum atomic E-state index is -1.19. The van der Waals surface area contributed by atoms with Crippen LogP contribution in [0.15, 0.2) is 47.4 Å². The van der Waals surface area contributed by atoms with Crippen LogP contribution >= 0.6 is 36.4 Å². The number of thiocarbonyl (C=S) groups is 1. The van der Waals surface area contributed by atoms with Crippen LogP contribution in [-0.2, 0) is 25.5 Å². The van der Waals surface area contributed by atoms with E-state index in [2.05, 4.69) is 4.74 Å². The topological polar surface area (TPSA) is 119 Å². The number of esters is 1. The minimum absolute atomic E-state index is 0. The molecule has 1 atom stereocenters. The summed E-state index contributed by atoms with van der Waals surface area (Å²) in [6.07, 6.45) is 1.62. The lowest BCUT2D eigenvalue weighted by Gasteiger charge is -2.11. The van der Waals surface area contributed by atoms with Gasteiger partial charge in [0, 0.05) is 11.6 Å². The molecule has 1 fully saturated rings. The second-order valence-electron chi connectivity index (χ2n) is 6.92. The monoisotopic (exact) mass is 526 g/mol. The molecule has 0 aromatic heterocycles. The molecule has 0 radical (unpaired) electrons. The van der Waals surface area contributed by atoms with E-state index < -0.39 is 36.2 Å². The lowest BCUT2D eigenvalue weighted by atomic mass is 10.1. The van der Waals surface area contributed by atoms with Crippen molar-refractivity contribution in [3.8, 4) is 11.5 Å². The Morgan fingerprint density at radius 2 is 1.88 bits per heavy atom. The summed E-state index contributed by atoms with van der Waals surface area (Å²) in [5, 5.41) is 8.89. The number of nitrogens with zero attached hydrogens (tertiary/aromatic N) is 1. The van der Waals surface area contributed by atoms with E-state index in [-0.39, 0.29) is 32.9 Å². The van der Waals surface area contributed by atoms with Gasteiger partial charge < -0.3 is 20.3 Å². The number of carbonyl (C=O) groups excluding carboxylic acids is 2. The summed E-state index contributed by atoms with van der Waals surface area (Å²) in [6, 6.07) is 10.2. The third-order valence-corrected chi connectivity index (χ3v) is 5.92. The minimum Gasteiger partial charge on any atom is -0.480 e. The molecule has 1 aliphatic heterocycles. The van der Waals surface area contributed by atoms with Gasteiger partial charge in [-0.1, -0.05) is 36.1 Å². The fraction of sp³-hybridized carbons (Fsp3) is 0.182. The van der Waals surface area contributed by atoms with Crippen molar-refractivity contribution >= 4 is 64.6 Å². The van der Waals surface area contributed by atoms with Crippen LogP contribution < -0.4 is 10.5 Å². The number of nitrogens with two attached hydrogens (primary N) is 1. The van der Waals surface area contributed by atoms with Crippen LogP contribution in [-0.4, -0.2) is 51.9 Å². The van der Waals surface area contributed by atoms with Crippen LogP contribution in [0.3, 0.4) is 0 Å². The van der Waals surface area contributed by atoms with Crippen molar-refractivity contribution in [1.82, 2.24) is 4.90 Å². The van der Waals surface area contributed by atoms with Crippen molar-refractivity contribution in [2.45, 2.75) is 12.5 Å². The number of hydrogen-bond donors (Lipinski definition) is 2. The Morgan fingerprint density at radius 1 is 1.24 bits per heavy atom. The molecule has 0 saturated carbocycles. The molecule has 2 aromatic rings. The SMILES string of the molecule is COC(=O)[C@@H](N)Cc1ccc(Oc2ccc(/C=C3\SC(=S)N(CC(=O)O)C3=O)c(F)c2)cc1.Cl. The Balaban J connectivity index is 0.00000408. The van der Waals surface area contributed by atoms with E-state index in [1.807, 2.05) is 0 Å². The molecule has 3 rings (SSSR count). The van der Waals surface area contributed by atoms with Gasteiger partial charge >= 0.3 is 11.9 Å². The van der Waals surface area contributed by atoms with Gasteiger partial charge in [-0.3, -0.25) is 19.3 Å². The van der Waals surface area contributed by atoms with Gasteiger partial charge in [0.2, 0.25) is 0 Å². The molecule has 0 spiro atoms. The molecule has 1 aliphatic rings. The highest BCUT2D eigenvalue weighted by Gasteiger charge is 2.33. The summed E-state index contributed by atoms with van der Waals surface area (Å²) in [7, 11) is 1.27. The maximum Gasteiger partial charge on any atom is 0.323 e. The van der Waals surface area contributed by atoms with Crippen LogP contribution in [0.1, 0.15) is 11.1 Å². The standard InChI is InChI=1S/C22H19FN2O6S2.ClH/c1-30-21(29)17(24)8-12-2-5-14(6-3-12)31-15-7-4-13(16(23)10-15)9-18-20(28)25(11-19(26)27)22(32)33-18;/h2-7,9-10,17H,8,11,24H2,1H3,(H,26,27);1H/b18-9-;/t17-;/m0./s1. The predicted molar refractivity (Wildman–Crippen MR) is 131 cm³/mol. The third kappa shape index (κ3) is 6.76. The van der Waals surface area contributed by atoms with Crippen molar-refractivity contribution in [3.63, 3.8) is 0 Å². The molecular weight excluding hydrogens is 507 g/mol. The van der Waals surface area contributed by atoms with Gasteiger partial charge in [0.25, 0.3) is 5.91 Å². The highest BCUT2D eigenvalue weighted by molar-refractivity contribution is 8.26. The predicted octanol–water partition coefficient (Wildman–Crippen LogP) is 3.37. The average Bonchev–Trinajstić information content (AvgIpc) is 3.03. The average molecular weight is 527 g/mol. The number of benzene rings is 2. The smallest absolute Gasteiger partial charge is 0.323 e. The Bertz CT molecular complexity index is 1140. The van der Waals surface area contributed by atoms with Gasteiger partial charge in [-0.05, 0) is 42.3 Å². The number of carboxylic acids is 1. The van der Waals surface area contributed by atoms with E-state index in [0.29, 0.717) is 12.2 Å². The number of halogens is 2. The van der Waals surface area contributed by atoms with Gasteiger partial charge in [0.1, 0.15) is 34.2 Å². The molecule has 1 heterocycles. The number of ether oxygens (including phenoxy) is 2. The third-order valence-electron chi connectivity index (χ3n) is 4.54. The Hall–Kier alpha value is -2.99. The first kappa shape index (κ1) is 27.3. The molecule has 0 unspecified atom stereocenters. The molecule has 1 amide bonds. The van der Waals surface area contributed by atoms with Crippen LogP contribution in [0.2, 0.25) is 0 Å². The molecule has 12 heteroatoms. The van der Waals surface area contributed by atoms with Crippen LogP contribution in [0.5, 0.6) is 11.5 Å². The molecular formula is C22H20ClFN2O6S2. The highest BCUT2D eigenvalue weighted by atomic mass is 35.5. The number of methoxy groups -OCH3 is 1. The van der Waals surface area contributed by atoms with E-state index in [4.69, 9.17) is 27.8 Å². The highest BCUT2D eigenvalue weighted by Crippen LogP contribution is 2.33. The van der Waals surface area contributed by atoms with E-state index in [1.165, 1.54) is 31.4 Å². The van der Waals surface area contributed by atoms with Crippen molar-refractivity contribution < 1.29 is 33.4 Å². The summed E-state index contributed by atoms with van der Waals surface area (Å²) in [6.45, 7) is -0.551. The number of rotatable bonds is 8. The van der Waals surface area contributed by atoms with Gasteiger partial charge in [-0.2, -0.15) is 0 Å². The Kier molecular flexibility index (Phi) is 9.56. The maximum atomic E-state index is 14.6. The first-order chi connectivity index (χ1) is 15.7. The molecule has 8 nitrogen and oxygen atoms in total. The number of thioether (sulfide) groups is 1. The largest absolute Gasteiger partial charge is 0.480 e. The first-order valence-electron chi connectivity index (χ1n) is 9.55. The van der Waals surface area contributed by atoms with Crippen LogP contribution in [0, 0.1) is 5.82 Å². The second kappa shape index (κ2) is 11.9. The van der Waals surface area contributed by atoms with Crippen molar-refractivity contribution in [3.05, 3.63) is 64.3 Å². The molecule has 1 saturated heterocycles. The second-order valence-corrected chi connectivity index (χ2v) is 8.60. The Labute approximate surface area is 210 Å². The van der Waals surface area contributed by atoms with Gasteiger partial charge in [-0.25, -0.2) is 4.39 Å². The summed E-state index contributed by atoms with van der Waals surface area (Å²) in [5.74, 6) is -2.22. The van der Waals surface area contributed by atoms with Crippen LogP contribution in [0.4, 0.5) is 4.39 Å². The normalized spacial score (nSPS) is 15.1. The van der Waals surface area contributed by atoms with E-state index in [0.717, 1.165) is 22.2 Å². The van der Waals surface area contributed by atoms with Gasteiger partial charge in [0.15, 0.2) is 0 Å². The molecule has 0 bridgehead atoms. The summed E-state index contributed by atoms with van der Waals surface area (Å²) in [5.41, 5.74) is 6.68. The zero-order valence-electron chi connectivity index (χ0n) is 17.7. The summed E-state index contributed by atoms with van der Waals surface area (Å²) in [4.78, 5) is 35.7. The first-order valence-corrected chi connectivity index (χ1v) is 10.8. The molecule has 180 valence electrons. The number of amides is 1. The number of carboxylic acid groups (broad SMARTS) is 1. The molecule has 0 aliphatic carbocycles.